The van der Waals surface area contributed by atoms with Gasteiger partial charge < -0.3 is 25.6 Å². The summed E-state index contributed by atoms with van der Waals surface area (Å²) in [5.74, 6) is -0.299. The molecule has 0 aliphatic rings. The number of para-hydroxylation sites is 1. The minimum absolute atomic E-state index is 0.300. The van der Waals surface area contributed by atoms with Gasteiger partial charge in [-0.15, -0.1) is 0 Å². The van der Waals surface area contributed by atoms with Gasteiger partial charge in [0.2, 0.25) is 5.96 Å². The number of hydrogen-bond acceptors (Lipinski definition) is 4. The van der Waals surface area contributed by atoms with Crippen LogP contribution in [0.1, 0.15) is 10.5 Å². The summed E-state index contributed by atoms with van der Waals surface area (Å²) in [6, 6.07) is 16.7. The number of nitrogens with two attached hydrogens (primary N) is 2. The highest BCUT2D eigenvalue weighted by molar-refractivity contribution is 5.97. The molecule has 1 aromatic heterocycles. The average molecular weight is 324 g/mol. The molecule has 1 heterocycles. The first-order valence-electron chi connectivity index (χ1n) is 7.15. The Kier molecular flexibility index (Phi) is 4.07. The van der Waals surface area contributed by atoms with E-state index in [-0.39, 0.29) is 5.96 Å². The van der Waals surface area contributed by atoms with Crippen LogP contribution in [0.3, 0.4) is 0 Å². The molecule has 0 bridgehead atoms. The van der Waals surface area contributed by atoms with Crippen molar-refractivity contribution in [1.82, 2.24) is 4.57 Å². The third kappa shape index (κ3) is 2.87. The van der Waals surface area contributed by atoms with Gasteiger partial charge >= 0.3 is 5.97 Å². The van der Waals surface area contributed by atoms with E-state index in [0.717, 1.165) is 16.6 Å². The number of carbonyl (C=O) groups excluding carboxylic acids is 1. The minimum atomic E-state index is -0.664. The zero-order valence-corrected chi connectivity index (χ0v) is 13.0. The van der Waals surface area contributed by atoms with Gasteiger partial charge in [-0.25, -0.2) is 4.79 Å². The van der Waals surface area contributed by atoms with E-state index >= 15 is 0 Å². The van der Waals surface area contributed by atoms with Gasteiger partial charge in [-0.1, -0.05) is 18.2 Å². The standard InChI is InChI=1S/C17H16N4O3/c1-23-13-7-8-14-11(9-13)10-15(16(22)24-20-17(18)19)21(14)12-5-3-2-4-6-12/h2-10H,1H3,(H4,18,19,20). The number of hydrogen-bond donors (Lipinski definition) is 2. The topological polar surface area (TPSA) is 105 Å². The number of benzene rings is 2. The molecule has 2 aromatic carbocycles. The molecule has 0 saturated carbocycles. The second-order valence-corrected chi connectivity index (χ2v) is 5.02. The minimum Gasteiger partial charge on any atom is -0.497 e. The quantitative estimate of drug-likeness (QED) is 0.330. The summed E-state index contributed by atoms with van der Waals surface area (Å²) in [6.45, 7) is 0. The molecule has 0 amide bonds. The molecule has 4 N–H and O–H groups in total. The Bertz CT molecular complexity index is 912. The van der Waals surface area contributed by atoms with Crippen LogP contribution >= 0.6 is 0 Å². The summed E-state index contributed by atoms with van der Waals surface area (Å²) < 4.78 is 7.01. The van der Waals surface area contributed by atoms with Crippen LogP contribution in [0.2, 0.25) is 0 Å². The van der Waals surface area contributed by atoms with Crippen molar-refractivity contribution in [3.63, 3.8) is 0 Å². The maximum absolute atomic E-state index is 12.4. The van der Waals surface area contributed by atoms with Crippen LogP contribution in [0, 0.1) is 0 Å². The van der Waals surface area contributed by atoms with E-state index in [2.05, 4.69) is 5.16 Å². The van der Waals surface area contributed by atoms with Gasteiger partial charge in [0, 0.05) is 11.1 Å². The normalized spacial score (nSPS) is 10.4. The van der Waals surface area contributed by atoms with Crippen LogP contribution in [0.15, 0.2) is 59.8 Å². The number of nitrogens with zero attached hydrogens (tertiary/aromatic N) is 2. The fourth-order valence-corrected chi connectivity index (χ4v) is 2.47. The van der Waals surface area contributed by atoms with E-state index in [0.29, 0.717) is 11.4 Å². The number of rotatable bonds is 4. The van der Waals surface area contributed by atoms with Crippen molar-refractivity contribution in [1.29, 1.82) is 0 Å². The van der Waals surface area contributed by atoms with Gasteiger partial charge in [0.15, 0.2) is 0 Å². The van der Waals surface area contributed by atoms with Gasteiger partial charge in [0.1, 0.15) is 11.4 Å². The first kappa shape index (κ1) is 15.4. The molecule has 0 atom stereocenters. The smallest absolute Gasteiger partial charge is 0.382 e. The number of guanidine groups is 1. The van der Waals surface area contributed by atoms with Crippen molar-refractivity contribution in [2.75, 3.05) is 7.11 Å². The number of methoxy groups -OCH3 is 1. The molecule has 0 saturated heterocycles. The van der Waals surface area contributed by atoms with E-state index in [1.165, 1.54) is 0 Å². The van der Waals surface area contributed by atoms with Crippen LogP contribution in [0.4, 0.5) is 0 Å². The molecule has 24 heavy (non-hydrogen) atoms. The summed E-state index contributed by atoms with van der Waals surface area (Å²) in [6.07, 6.45) is 0. The van der Waals surface area contributed by atoms with Crippen molar-refractivity contribution in [2.45, 2.75) is 0 Å². The lowest BCUT2D eigenvalue weighted by molar-refractivity contribution is 0.0506. The van der Waals surface area contributed by atoms with Gasteiger partial charge in [0.25, 0.3) is 0 Å². The van der Waals surface area contributed by atoms with Crippen molar-refractivity contribution >= 4 is 22.8 Å². The van der Waals surface area contributed by atoms with Crippen molar-refractivity contribution in [3.05, 3.63) is 60.3 Å². The molecule has 0 unspecified atom stereocenters. The number of carbonyl (C=O) groups is 1. The average Bonchev–Trinajstić information content (AvgIpc) is 2.98. The first-order chi connectivity index (χ1) is 11.6. The van der Waals surface area contributed by atoms with E-state index in [4.69, 9.17) is 21.0 Å². The summed E-state index contributed by atoms with van der Waals surface area (Å²) in [7, 11) is 1.59. The molecule has 0 aliphatic carbocycles. The number of oxime groups is 1. The Labute approximate surface area is 138 Å². The number of aromatic nitrogens is 1. The fourth-order valence-electron chi connectivity index (χ4n) is 2.47. The molecule has 3 rings (SSSR count). The number of fused-ring (bicyclic) bond motifs is 1. The zero-order chi connectivity index (χ0) is 17.1. The van der Waals surface area contributed by atoms with E-state index in [9.17, 15) is 4.79 Å². The molecule has 0 radical (unpaired) electrons. The fraction of sp³-hybridized carbons (Fsp3) is 0.0588. The summed E-state index contributed by atoms with van der Waals surface area (Å²) in [5, 5.41) is 4.15. The van der Waals surface area contributed by atoms with Crippen LogP contribution < -0.4 is 16.2 Å². The molecule has 0 aliphatic heterocycles. The maximum atomic E-state index is 12.4. The molecule has 7 heteroatoms. The predicted molar refractivity (Wildman–Crippen MR) is 91.1 cm³/mol. The molecule has 7 nitrogen and oxygen atoms in total. The SMILES string of the molecule is COc1ccc2c(c1)cc(C(=O)ON=C(N)N)n2-c1ccccc1. The van der Waals surface area contributed by atoms with Crippen LogP contribution in [0.25, 0.3) is 16.6 Å². The molecule has 0 spiro atoms. The third-order valence-corrected chi connectivity index (χ3v) is 3.47. The van der Waals surface area contributed by atoms with E-state index < -0.39 is 5.97 Å². The largest absolute Gasteiger partial charge is 0.497 e. The Morgan fingerprint density at radius 2 is 1.83 bits per heavy atom. The lowest BCUT2D eigenvalue weighted by Gasteiger charge is -2.09. The highest BCUT2D eigenvalue weighted by atomic mass is 16.7. The monoisotopic (exact) mass is 324 g/mol. The van der Waals surface area contributed by atoms with Crippen LogP contribution in [-0.2, 0) is 4.84 Å². The summed E-state index contributed by atoms with van der Waals surface area (Å²) >= 11 is 0. The third-order valence-electron chi connectivity index (χ3n) is 3.47. The van der Waals surface area contributed by atoms with Crippen molar-refractivity contribution in [2.24, 2.45) is 16.6 Å². The van der Waals surface area contributed by atoms with Crippen molar-refractivity contribution < 1.29 is 14.4 Å². The second kappa shape index (κ2) is 6.33. The first-order valence-corrected chi connectivity index (χ1v) is 7.15. The highest BCUT2D eigenvalue weighted by Gasteiger charge is 2.19. The van der Waals surface area contributed by atoms with Gasteiger partial charge in [-0.2, -0.15) is 0 Å². The molecular formula is C17H16N4O3. The number of ether oxygens (including phenoxy) is 1. The molecular weight excluding hydrogens is 308 g/mol. The lowest BCUT2D eigenvalue weighted by Crippen LogP contribution is -2.23. The lowest BCUT2D eigenvalue weighted by atomic mass is 10.2. The van der Waals surface area contributed by atoms with Gasteiger partial charge in [-0.3, -0.25) is 0 Å². The van der Waals surface area contributed by atoms with E-state index in [1.807, 2.05) is 48.5 Å². The Hall–Kier alpha value is -3.48. The summed E-state index contributed by atoms with van der Waals surface area (Å²) in [4.78, 5) is 17.2. The molecule has 3 aromatic rings. The molecule has 122 valence electrons. The Balaban J connectivity index is 2.19. The van der Waals surface area contributed by atoms with Gasteiger partial charge in [-0.05, 0) is 41.6 Å². The van der Waals surface area contributed by atoms with E-state index in [1.54, 1.807) is 17.7 Å². The summed E-state index contributed by atoms with van der Waals surface area (Å²) in [5.41, 5.74) is 12.4. The predicted octanol–water partition coefficient (Wildman–Crippen LogP) is 1.98. The van der Waals surface area contributed by atoms with Gasteiger partial charge in [0.05, 0.1) is 12.6 Å². The van der Waals surface area contributed by atoms with Crippen molar-refractivity contribution in [3.8, 4) is 11.4 Å². The Morgan fingerprint density at radius 3 is 2.50 bits per heavy atom. The maximum Gasteiger partial charge on any atom is 0.382 e. The van der Waals surface area contributed by atoms with Crippen LogP contribution in [-0.4, -0.2) is 23.6 Å². The Morgan fingerprint density at radius 1 is 1.08 bits per heavy atom. The highest BCUT2D eigenvalue weighted by Crippen LogP contribution is 2.28. The van der Waals surface area contributed by atoms with Crippen LogP contribution in [0.5, 0.6) is 5.75 Å². The zero-order valence-electron chi connectivity index (χ0n) is 13.0. The molecule has 0 fully saturated rings. The second-order valence-electron chi connectivity index (χ2n) is 5.02.